The van der Waals surface area contributed by atoms with Crippen LogP contribution in [0.15, 0.2) is 30.6 Å². The number of benzene rings is 1. The molecule has 0 saturated carbocycles. The van der Waals surface area contributed by atoms with Crippen LogP contribution in [0.2, 0.25) is 0 Å². The van der Waals surface area contributed by atoms with E-state index in [1.807, 2.05) is 13.8 Å². The summed E-state index contributed by atoms with van der Waals surface area (Å²) < 4.78 is 38.1. The predicted octanol–water partition coefficient (Wildman–Crippen LogP) is 3.98. The summed E-state index contributed by atoms with van der Waals surface area (Å²) in [5.74, 6) is -1.35. The fourth-order valence-electron chi connectivity index (χ4n) is 2.34. The molecule has 0 fully saturated rings. The molecule has 28 heavy (non-hydrogen) atoms. The number of hydrogen-bond donors (Lipinski definition) is 2. The van der Waals surface area contributed by atoms with Gasteiger partial charge in [-0.05, 0) is 18.1 Å². The maximum atomic E-state index is 14.7. The zero-order valence-corrected chi connectivity index (χ0v) is 16.3. The summed E-state index contributed by atoms with van der Waals surface area (Å²) in [5, 5.41) is 6.53. The lowest BCUT2D eigenvalue weighted by Gasteiger charge is -2.12. The van der Waals surface area contributed by atoms with Gasteiger partial charge < -0.3 is 14.8 Å². The molecule has 2 heterocycles. The van der Waals surface area contributed by atoms with E-state index in [9.17, 15) is 13.6 Å². The van der Waals surface area contributed by atoms with Crippen LogP contribution in [0.1, 0.15) is 24.2 Å². The minimum Gasteiger partial charge on any atom is -0.480 e. The van der Waals surface area contributed by atoms with E-state index >= 15 is 0 Å². The molecule has 10 heteroatoms. The van der Waals surface area contributed by atoms with Crippen LogP contribution in [0.3, 0.4) is 0 Å². The molecule has 148 valence electrons. The van der Waals surface area contributed by atoms with Crippen LogP contribution in [-0.2, 0) is 0 Å². The van der Waals surface area contributed by atoms with Crippen molar-refractivity contribution in [2.24, 2.45) is 5.92 Å². The Kier molecular flexibility index (Phi) is 5.98. The van der Waals surface area contributed by atoms with Gasteiger partial charge in [-0.2, -0.15) is 0 Å². The molecular weight excluding hydrogens is 388 g/mol. The molecule has 1 amide bonds. The molecule has 0 bridgehead atoms. The number of hydrogen-bond acceptors (Lipinski definition) is 6. The zero-order valence-electron chi connectivity index (χ0n) is 15.5. The SMILES string of the molecule is COc1cc2ncc(NC(=O)c3c(F)ccc(NSCC(C)C)c3F)cn2n1. The van der Waals surface area contributed by atoms with Crippen molar-refractivity contribution < 1.29 is 18.3 Å². The minimum atomic E-state index is -0.955. The van der Waals surface area contributed by atoms with Crippen molar-refractivity contribution in [1.29, 1.82) is 0 Å². The Hall–Kier alpha value is -2.88. The summed E-state index contributed by atoms with van der Waals surface area (Å²) in [7, 11) is 1.47. The average Bonchev–Trinajstić information content (AvgIpc) is 3.06. The monoisotopic (exact) mass is 407 g/mol. The molecule has 0 radical (unpaired) electrons. The van der Waals surface area contributed by atoms with E-state index in [0.717, 1.165) is 11.8 Å². The number of carbonyl (C=O) groups excluding carboxylic acids is 1. The van der Waals surface area contributed by atoms with Gasteiger partial charge in [0.25, 0.3) is 5.91 Å². The Labute approximate surface area is 164 Å². The number of rotatable bonds is 7. The second-order valence-electron chi connectivity index (χ2n) is 6.38. The lowest BCUT2D eigenvalue weighted by atomic mass is 10.1. The first kappa shape index (κ1) is 19.9. The van der Waals surface area contributed by atoms with E-state index in [1.165, 1.54) is 42.0 Å². The summed E-state index contributed by atoms with van der Waals surface area (Å²) >= 11 is 1.29. The molecule has 2 aromatic heterocycles. The standard InChI is InChI=1S/C18H19F2N5O2S/c1-10(2)9-28-24-13-5-4-12(19)16(17(13)20)18(26)22-11-7-21-14-6-15(27-3)23-25(14)8-11/h4-8,10,24H,9H2,1-3H3,(H,22,26). The van der Waals surface area contributed by atoms with Gasteiger partial charge in [0, 0.05) is 11.8 Å². The van der Waals surface area contributed by atoms with Gasteiger partial charge in [-0.15, -0.1) is 5.10 Å². The Balaban J connectivity index is 1.81. The molecule has 3 rings (SSSR count). The van der Waals surface area contributed by atoms with Crippen LogP contribution in [-0.4, -0.2) is 33.4 Å². The molecule has 0 spiro atoms. The molecule has 2 N–H and O–H groups in total. The van der Waals surface area contributed by atoms with Crippen molar-refractivity contribution in [3.8, 4) is 5.88 Å². The number of anilines is 2. The van der Waals surface area contributed by atoms with Crippen molar-refractivity contribution in [1.82, 2.24) is 14.6 Å². The maximum absolute atomic E-state index is 14.7. The molecule has 0 unspecified atom stereocenters. The molecule has 1 aromatic carbocycles. The first-order valence-electron chi connectivity index (χ1n) is 8.45. The number of aromatic nitrogens is 3. The highest BCUT2D eigenvalue weighted by molar-refractivity contribution is 8.00. The summed E-state index contributed by atoms with van der Waals surface area (Å²) in [4.78, 5) is 16.6. The molecule has 0 atom stereocenters. The number of methoxy groups -OCH3 is 1. The normalized spacial score (nSPS) is 11.1. The number of ether oxygens (including phenoxy) is 1. The quantitative estimate of drug-likeness (QED) is 0.577. The van der Waals surface area contributed by atoms with Gasteiger partial charge in [0.05, 0.1) is 30.9 Å². The highest BCUT2D eigenvalue weighted by Gasteiger charge is 2.21. The Morgan fingerprint density at radius 3 is 2.86 bits per heavy atom. The van der Waals surface area contributed by atoms with Gasteiger partial charge in [0.1, 0.15) is 11.4 Å². The fraction of sp³-hybridized carbons (Fsp3) is 0.278. The second-order valence-corrected chi connectivity index (χ2v) is 7.20. The zero-order chi connectivity index (χ0) is 20.3. The van der Waals surface area contributed by atoms with Crippen LogP contribution in [0, 0.1) is 17.6 Å². The number of carbonyl (C=O) groups is 1. The lowest BCUT2D eigenvalue weighted by Crippen LogP contribution is -2.17. The molecule has 7 nitrogen and oxygen atoms in total. The topological polar surface area (TPSA) is 80.5 Å². The van der Waals surface area contributed by atoms with Crippen LogP contribution in [0.5, 0.6) is 5.88 Å². The first-order chi connectivity index (χ1) is 13.4. The summed E-state index contributed by atoms with van der Waals surface area (Å²) in [6, 6.07) is 3.92. The second kappa shape index (κ2) is 8.42. The van der Waals surface area contributed by atoms with Crippen molar-refractivity contribution in [2.75, 3.05) is 22.9 Å². The minimum absolute atomic E-state index is 0.0441. The molecular formula is C18H19F2N5O2S. The highest BCUT2D eigenvalue weighted by Crippen LogP contribution is 2.25. The predicted molar refractivity (Wildman–Crippen MR) is 105 cm³/mol. The third kappa shape index (κ3) is 4.33. The van der Waals surface area contributed by atoms with Gasteiger partial charge in [0.15, 0.2) is 11.5 Å². The van der Waals surface area contributed by atoms with E-state index in [2.05, 4.69) is 20.1 Å². The first-order valence-corrected chi connectivity index (χ1v) is 9.44. The smallest absolute Gasteiger partial charge is 0.261 e. The summed E-state index contributed by atoms with van der Waals surface area (Å²) in [6.07, 6.45) is 2.84. The summed E-state index contributed by atoms with van der Waals surface area (Å²) in [5.41, 5.74) is 0.103. The van der Waals surface area contributed by atoms with Crippen LogP contribution in [0.4, 0.5) is 20.2 Å². The summed E-state index contributed by atoms with van der Waals surface area (Å²) in [6.45, 7) is 4.04. The van der Waals surface area contributed by atoms with Crippen molar-refractivity contribution in [3.63, 3.8) is 0 Å². The van der Waals surface area contributed by atoms with E-state index in [-0.39, 0.29) is 11.4 Å². The lowest BCUT2D eigenvalue weighted by molar-refractivity contribution is 0.101. The van der Waals surface area contributed by atoms with Crippen LogP contribution in [0.25, 0.3) is 5.65 Å². The van der Waals surface area contributed by atoms with E-state index in [0.29, 0.717) is 17.4 Å². The molecule has 0 aliphatic heterocycles. The van der Waals surface area contributed by atoms with Gasteiger partial charge in [-0.3, -0.25) is 4.79 Å². The van der Waals surface area contributed by atoms with E-state index < -0.39 is 23.1 Å². The van der Waals surface area contributed by atoms with Crippen LogP contribution >= 0.6 is 11.9 Å². The molecule has 3 aromatic rings. The van der Waals surface area contributed by atoms with Crippen molar-refractivity contribution in [2.45, 2.75) is 13.8 Å². The van der Waals surface area contributed by atoms with Gasteiger partial charge in [0.2, 0.25) is 5.88 Å². The third-order valence-electron chi connectivity index (χ3n) is 3.67. The number of amides is 1. The number of nitrogens with zero attached hydrogens (tertiary/aromatic N) is 3. The van der Waals surface area contributed by atoms with Crippen LogP contribution < -0.4 is 14.8 Å². The molecule has 0 saturated heterocycles. The Morgan fingerprint density at radius 1 is 1.36 bits per heavy atom. The number of halogens is 2. The fourth-order valence-corrected chi connectivity index (χ4v) is 3.07. The Morgan fingerprint density at radius 2 is 2.14 bits per heavy atom. The molecule has 0 aliphatic rings. The highest BCUT2D eigenvalue weighted by atomic mass is 32.2. The maximum Gasteiger partial charge on any atom is 0.261 e. The van der Waals surface area contributed by atoms with Crippen molar-refractivity contribution >= 4 is 34.9 Å². The molecule has 0 aliphatic carbocycles. The van der Waals surface area contributed by atoms with Gasteiger partial charge in [-0.25, -0.2) is 18.3 Å². The Bertz CT molecular complexity index is 1010. The number of fused-ring (bicyclic) bond motifs is 1. The van der Waals surface area contributed by atoms with E-state index in [4.69, 9.17) is 4.74 Å². The van der Waals surface area contributed by atoms with Crippen molar-refractivity contribution in [3.05, 3.63) is 47.8 Å². The largest absolute Gasteiger partial charge is 0.480 e. The third-order valence-corrected chi connectivity index (χ3v) is 4.87. The van der Waals surface area contributed by atoms with E-state index in [1.54, 1.807) is 6.07 Å². The van der Waals surface area contributed by atoms with Gasteiger partial charge in [-0.1, -0.05) is 25.8 Å². The van der Waals surface area contributed by atoms with Gasteiger partial charge >= 0.3 is 0 Å². The number of nitrogens with one attached hydrogen (secondary N) is 2. The average molecular weight is 407 g/mol.